The molecular formula is C17H20N4OS. The molecule has 0 N–H and O–H groups in total. The molecule has 3 heterocycles. The van der Waals surface area contributed by atoms with Crippen molar-refractivity contribution >= 4 is 21.6 Å². The first-order valence-corrected chi connectivity index (χ1v) is 8.94. The van der Waals surface area contributed by atoms with Gasteiger partial charge in [-0.2, -0.15) is 0 Å². The predicted octanol–water partition coefficient (Wildman–Crippen LogP) is 2.85. The third-order valence-corrected chi connectivity index (χ3v) is 5.58. The number of nitrogens with zero attached hydrogens (tertiary/aromatic N) is 4. The van der Waals surface area contributed by atoms with Crippen LogP contribution in [0.3, 0.4) is 0 Å². The van der Waals surface area contributed by atoms with E-state index in [0.717, 1.165) is 41.7 Å². The van der Waals surface area contributed by atoms with Crippen LogP contribution in [0.25, 0.3) is 10.2 Å². The lowest BCUT2D eigenvalue weighted by Gasteiger charge is -2.11. The average Bonchev–Trinajstić information content (AvgIpc) is 3.17. The molecule has 1 aliphatic rings. The minimum atomic E-state index is 0.0895. The number of hydrogen-bond acceptors (Lipinski definition) is 4. The van der Waals surface area contributed by atoms with Gasteiger partial charge in [0.05, 0.1) is 30.3 Å². The zero-order valence-electron chi connectivity index (χ0n) is 13.5. The lowest BCUT2D eigenvalue weighted by Crippen LogP contribution is -2.22. The summed E-state index contributed by atoms with van der Waals surface area (Å²) in [5.41, 5.74) is 2.38. The van der Waals surface area contributed by atoms with E-state index in [9.17, 15) is 4.79 Å². The minimum Gasteiger partial charge on any atom is -0.333 e. The summed E-state index contributed by atoms with van der Waals surface area (Å²) in [6.45, 7) is 5.79. The largest absolute Gasteiger partial charge is 0.333 e. The van der Waals surface area contributed by atoms with E-state index in [1.807, 2.05) is 12.5 Å². The first kappa shape index (κ1) is 14.6. The Hall–Kier alpha value is -1.95. The van der Waals surface area contributed by atoms with E-state index in [1.54, 1.807) is 22.2 Å². The Labute approximate surface area is 138 Å². The second-order valence-electron chi connectivity index (χ2n) is 6.65. The standard InChI is InChI=1S/C17H20N4OS/c1-11(2)7-20-9-18-6-12(20)8-21-10-19-16-15(17(21)22)13-4-3-5-14(13)23-16/h6,9-11H,3-5,7-8H2,1-2H3. The number of rotatable bonds is 4. The molecule has 0 spiro atoms. The average molecular weight is 328 g/mol. The molecular weight excluding hydrogens is 308 g/mol. The highest BCUT2D eigenvalue weighted by Gasteiger charge is 2.21. The van der Waals surface area contributed by atoms with Crippen molar-refractivity contribution in [3.63, 3.8) is 0 Å². The van der Waals surface area contributed by atoms with Crippen molar-refractivity contribution in [1.29, 1.82) is 0 Å². The van der Waals surface area contributed by atoms with Crippen molar-refractivity contribution in [2.45, 2.75) is 46.2 Å². The molecule has 5 nitrogen and oxygen atoms in total. The van der Waals surface area contributed by atoms with Gasteiger partial charge in [0.25, 0.3) is 5.56 Å². The first-order chi connectivity index (χ1) is 11.1. The first-order valence-electron chi connectivity index (χ1n) is 8.12. The molecule has 4 rings (SSSR count). The molecule has 0 fully saturated rings. The lowest BCUT2D eigenvalue weighted by atomic mass is 10.2. The van der Waals surface area contributed by atoms with Crippen LogP contribution in [-0.4, -0.2) is 19.1 Å². The van der Waals surface area contributed by atoms with Gasteiger partial charge in [-0.15, -0.1) is 11.3 Å². The van der Waals surface area contributed by atoms with E-state index in [1.165, 1.54) is 10.4 Å². The second-order valence-corrected chi connectivity index (χ2v) is 7.73. The molecule has 3 aromatic rings. The van der Waals surface area contributed by atoms with E-state index < -0.39 is 0 Å². The van der Waals surface area contributed by atoms with E-state index in [0.29, 0.717) is 12.5 Å². The summed E-state index contributed by atoms with van der Waals surface area (Å²) in [5.74, 6) is 0.542. The number of aromatic nitrogens is 4. The molecule has 0 amide bonds. The molecule has 0 saturated heterocycles. The highest BCUT2D eigenvalue weighted by atomic mass is 32.1. The summed E-state index contributed by atoms with van der Waals surface area (Å²) in [4.78, 5) is 23.9. The molecule has 0 atom stereocenters. The van der Waals surface area contributed by atoms with Crippen LogP contribution in [0.4, 0.5) is 0 Å². The molecule has 0 saturated carbocycles. The predicted molar refractivity (Wildman–Crippen MR) is 92.1 cm³/mol. The Kier molecular flexibility index (Phi) is 3.56. The maximum absolute atomic E-state index is 12.9. The van der Waals surface area contributed by atoms with Gasteiger partial charge in [-0.1, -0.05) is 13.8 Å². The molecule has 23 heavy (non-hydrogen) atoms. The third-order valence-electron chi connectivity index (χ3n) is 4.38. The van der Waals surface area contributed by atoms with Crippen molar-refractivity contribution in [2.24, 2.45) is 5.92 Å². The highest BCUT2D eigenvalue weighted by Crippen LogP contribution is 2.34. The minimum absolute atomic E-state index is 0.0895. The maximum atomic E-state index is 12.9. The summed E-state index contributed by atoms with van der Waals surface area (Å²) < 4.78 is 3.85. The van der Waals surface area contributed by atoms with Crippen molar-refractivity contribution in [2.75, 3.05) is 0 Å². The molecule has 0 bridgehead atoms. The lowest BCUT2D eigenvalue weighted by molar-refractivity contribution is 0.502. The van der Waals surface area contributed by atoms with Gasteiger partial charge in [-0.05, 0) is 30.7 Å². The van der Waals surface area contributed by atoms with Crippen LogP contribution in [0.5, 0.6) is 0 Å². The number of thiophene rings is 1. The number of aryl methyl sites for hydroxylation is 2. The number of imidazole rings is 1. The van der Waals surface area contributed by atoms with Gasteiger partial charge in [0.15, 0.2) is 0 Å². The molecule has 0 aliphatic heterocycles. The van der Waals surface area contributed by atoms with Gasteiger partial charge < -0.3 is 4.57 Å². The van der Waals surface area contributed by atoms with Crippen LogP contribution in [0.1, 0.15) is 36.4 Å². The number of hydrogen-bond donors (Lipinski definition) is 0. The summed E-state index contributed by atoms with van der Waals surface area (Å²) in [6, 6.07) is 0. The molecule has 0 radical (unpaired) electrons. The Balaban J connectivity index is 1.74. The Bertz CT molecular complexity index is 918. The summed E-state index contributed by atoms with van der Waals surface area (Å²) >= 11 is 1.69. The van der Waals surface area contributed by atoms with E-state index >= 15 is 0 Å². The smallest absolute Gasteiger partial charge is 0.262 e. The number of fused-ring (bicyclic) bond motifs is 3. The van der Waals surface area contributed by atoms with Crippen molar-refractivity contribution in [1.82, 2.24) is 19.1 Å². The zero-order valence-corrected chi connectivity index (χ0v) is 14.3. The van der Waals surface area contributed by atoms with Crippen molar-refractivity contribution < 1.29 is 0 Å². The quantitative estimate of drug-likeness (QED) is 0.740. The third kappa shape index (κ3) is 2.51. The van der Waals surface area contributed by atoms with Crippen LogP contribution >= 0.6 is 11.3 Å². The molecule has 3 aromatic heterocycles. The van der Waals surface area contributed by atoms with Gasteiger partial charge in [0.1, 0.15) is 4.83 Å². The molecule has 120 valence electrons. The van der Waals surface area contributed by atoms with E-state index in [2.05, 4.69) is 28.4 Å². The van der Waals surface area contributed by atoms with Crippen LogP contribution in [0.2, 0.25) is 0 Å². The van der Waals surface area contributed by atoms with Crippen LogP contribution in [0.15, 0.2) is 23.6 Å². The monoisotopic (exact) mass is 328 g/mol. The van der Waals surface area contributed by atoms with Gasteiger partial charge >= 0.3 is 0 Å². The fourth-order valence-corrected chi connectivity index (χ4v) is 4.56. The molecule has 1 aliphatic carbocycles. The fourth-order valence-electron chi connectivity index (χ4n) is 3.34. The summed E-state index contributed by atoms with van der Waals surface area (Å²) in [6.07, 6.45) is 8.64. The van der Waals surface area contributed by atoms with Gasteiger partial charge in [-0.25, -0.2) is 9.97 Å². The Morgan fingerprint density at radius 2 is 2.13 bits per heavy atom. The summed E-state index contributed by atoms with van der Waals surface area (Å²) in [7, 11) is 0. The van der Waals surface area contributed by atoms with Crippen LogP contribution in [0, 0.1) is 5.92 Å². The van der Waals surface area contributed by atoms with Crippen molar-refractivity contribution in [3.05, 3.63) is 45.3 Å². The topological polar surface area (TPSA) is 52.7 Å². The van der Waals surface area contributed by atoms with E-state index in [4.69, 9.17) is 0 Å². The molecule has 0 aromatic carbocycles. The molecule has 0 unspecified atom stereocenters. The van der Waals surface area contributed by atoms with Gasteiger partial charge in [-0.3, -0.25) is 9.36 Å². The fraction of sp³-hybridized carbons (Fsp3) is 0.471. The normalized spacial score (nSPS) is 14.0. The van der Waals surface area contributed by atoms with Gasteiger partial charge in [0.2, 0.25) is 0 Å². The zero-order chi connectivity index (χ0) is 16.0. The van der Waals surface area contributed by atoms with E-state index in [-0.39, 0.29) is 5.56 Å². The van der Waals surface area contributed by atoms with Crippen LogP contribution in [-0.2, 0) is 25.9 Å². The molecule has 6 heteroatoms. The second kappa shape index (κ2) is 5.60. The Morgan fingerprint density at radius 3 is 2.96 bits per heavy atom. The Morgan fingerprint density at radius 1 is 1.26 bits per heavy atom. The maximum Gasteiger partial charge on any atom is 0.262 e. The SMILES string of the molecule is CC(C)Cn1cncc1Cn1cnc2sc3c(c2c1=O)CCC3. The van der Waals surface area contributed by atoms with Crippen molar-refractivity contribution in [3.8, 4) is 0 Å². The summed E-state index contributed by atoms with van der Waals surface area (Å²) in [5, 5.41) is 0.847. The highest BCUT2D eigenvalue weighted by molar-refractivity contribution is 7.18. The van der Waals surface area contributed by atoms with Crippen LogP contribution < -0.4 is 5.56 Å². The van der Waals surface area contributed by atoms with Gasteiger partial charge in [0, 0.05) is 17.6 Å².